The van der Waals surface area contributed by atoms with Crippen molar-refractivity contribution < 1.29 is 4.74 Å². The molecule has 1 aromatic heterocycles. The number of pyridine rings is 1. The van der Waals surface area contributed by atoms with Crippen LogP contribution in [0.3, 0.4) is 0 Å². The fourth-order valence-corrected chi connectivity index (χ4v) is 1.66. The standard InChI is InChI=1S/C15H16N4O/c1-2-9-20-15-12(17)7-8-14(19-15)18-13-6-4-3-5-11(13)10-16/h3-8H,2,9,17H2,1H3,(H,18,19). The van der Waals surface area contributed by atoms with Crippen LogP contribution < -0.4 is 15.8 Å². The molecule has 0 saturated heterocycles. The van der Waals surface area contributed by atoms with Gasteiger partial charge in [-0.15, -0.1) is 0 Å². The lowest BCUT2D eigenvalue weighted by Gasteiger charge is -2.11. The summed E-state index contributed by atoms with van der Waals surface area (Å²) >= 11 is 0. The van der Waals surface area contributed by atoms with Gasteiger partial charge in [0.15, 0.2) is 0 Å². The summed E-state index contributed by atoms with van der Waals surface area (Å²) in [4.78, 5) is 4.31. The molecule has 0 fully saturated rings. The van der Waals surface area contributed by atoms with Crippen LogP contribution in [0.4, 0.5) is 17.2 Å². The summed E-state index contributed by atoms with van der Waals surface area (Å²) in [5, 5.41) is 12.2. The SMILES string of the molecule is CCCOc1nc(Nc2ccccc2C#N)ccc1N. The maximum Gasteiger partial charge on any atom is 0.239 e. The van der Waals surface area contributed by atoms with Crippen LogP contribution in [0.1, 0.15) is 18.9 Å². The normalized spacial score (nSPS) is 9.80. The van der Waals surface area contributed by atoms with Crippen LogP contribution in [-0.4, -0.2) is 11.6 Å². The van der Waals surface area contributed by atoms with Crippen molar-refractivity contribution in [1.29, 1.82) is 5.26 Å². The van der Waals surface area contributed by atoms with Gasteiger partial charge in [-0.2, -0.15) is 10.2 Å². The van der Waals surface area contributed by atoms with E-state index in [9.17, 15) is 0 Å². The highest BCUT2D eigenvalue weighted by atomic mass is 16.5. The molecule has 1 aromatic carbocycles. The molecule has 5 heteroatoms. The zero-order valence-corrected chi connectivity index (χ0v) is 11.3. The number of benzene rings is 1. The Labute approximate surface area is 118 Å². The van der Waals surface area contributed by atoms with E-state index in [2.05, 4.69) is 16.4 Å². The molecule has 0 saturated carbocycles. The second-order valence-corrected chi connectivity index (χ2v) is 4.22. The number of nitrogens with zero attached hydrogens (tertiary/aromatic N) is 2. The van der Waals surface area contributed by atoms with Crippen molar-refractivity contribution in [3.63, 3.8) is 0 Å². The zero-order chi connectivity index (χ0) is 14.4. The van der Waals surface area contributed by atoms with Gasteiger partial charge < -0.3 is 15.8 Å². The van der Waals surface area contributed by atoms with Crippen molar-refractivity contribution in [3.8, 4) is 11.9 Å². The van der Waals surface area contributed by atoms with Gasteiger partial charge in [-0.05, 0) is 30.7 Å². The predicted molar refractivity (Wildman–Crippen MR) is 78.9 cm³/mol. The number of hydrogen-bond acceptors (Lipinski definition) is 5. The smallest absolute Gasteiger partial charge is 0.239 e. The van der Waals surface area contributed by atoms with Gasteiger partial charge in [0.05, 0.1) is 23.5 Å². The summed E-state index contributed by atoms with van der Waals surface area (Å²) < 4.78 is 5.48. The fraction of sp³-hybridized carbons (Fsp3) is 0.200. The van der Waals surface area contributed by atoms with Crippen molar-refractivity contribution in [3.05, 3.63) is 42.0 Å². The Kier molecular flexibility index (Phi) is 4.40. The van der Waals surface area contributed by atoms with Gasteiger partial charge in [0.1, 0.15) is 11.9 Å². The van der Waals surface area contributed by atoms with Crippen molar-refractivity contribution in [1.82, 2.24) is 4.98 Å². The molecule has 0 aliphatic rings. The molecular weight excluding hydrogens is 252 g/mol. The molecule has 0 aliphatic heterocycles. The van der Waals surface area contributed by atoms with E-state index < -0.39 is 0 Å². The van der Waals surface area contributed by atoms with E-state index in [0.717, 1.165) is 6.42 Å². The van der Waals surface area contributed by atoms with Gasteiger partial charge in [-0.1, -0.05) is 19.1 Å². The molecule has 0 atom stereocenters. The topological polar surface area (TPSA) is 84.0 Å². The van der Waals surface area contributed by atoms with Crippen LogP contribution in [0, 0.1) is 11.3 Å². The monoisotopic (exact) mass is 268 g/mol. The Balaban J connectivity index is 2.23. The van der Waals surface area contributed by atoms with Gasteiger partial charge in [-0.25, -0.2) is 0 Å². The first-order valence-corrected chi connectivity index (χ1v) is 6.40. The molecule has 0 radical (unpaired) electrons. The second-order valence-electron chi connectivity index (χ2n) is 4.22. The van der Waals surface area contributed by atoms with E-state index in [1.807, 2.05) is 25.1 Å². The van der Waals surface area contributed by atoms with E-state index in [4.69, 9.17) is 15.7 Å². The van der Waals surface area contributed by atoms with E-state index in [1.54, 1.807) is 18.2 Å². The number of nitrogens with one attached hydrogen (secondary N) is 1. The van der Waals surface area contributed by atoms with Crippen molar-refractivity contribution in [2.45, 2.75) is 13.3 Å². The number of para-hydroxylation sites is 1. The van der Waals surface area contributed by atoms with Gasteiger partial charge >= 0.3 is 0 Å². The van der Waals surface area contributed by atoms with Crippen molar-refractivity contribution in [2.75, 3.05) is 17.7 Å². The molecule has 5 nitrogen and oxygen atoms in total. The molecule has 0 unspecified atom stereocenters. The van der Waals surface area contributed by atoms with E-state index in [1.165, 1.54) is 0 Å². The molecule has 0 amide bonds. The molecule has 2 rings (SSSR count). The Morgan fingerprint density at radius 2 is 2.10 bits per heavy atom. The summed E-state index contributed by atoms with van der Waals surface area (Å²) in [6.45, 7) is 2.58. The third-order valence-corrected chi connectivity index (χ3v) is 2.64. The number of rotatable bonds is 5. The minimum absolute atomic E-state index is 0.409. The number of anilines is 3. The highest BCUT2D eigenvalue weighted by Gasteiger charge is 2.06. The Morgan fingerprint density at radius 3 is 2.85 bits per heavy atom. The fourth-order valence-electron chi connectivity index (χ4n) is 1.66. The molecule has 0 spiro atoms. The second kappa shape index (κ2) is 6.43. The first kappa shape index (κ1) is 13.7. The quantitative estimate of drug-likeness (QED) is 0.870. The third kappa shape index (κ3) is 3.18. The summed E-state index contributed by atoms with van der Waals surface area (Å²) in [5.41, 5.74) is 7.57. The van der Waals surface area contributed by atoms with E-state index >= 15 is 0 Å². The number of ether oxygens (including phenoxy) is 1. The van der Waals surface area contributed by atoms with Gasteiger partial charge in [0.2, 0.25) is 5.88 Å². The molecule has 0 bridgehead atoms. The Morgan fingerprint density at radius 1 is 1.30 bits per heavy atom. The zero-order valence-electron chi connectivity index (χ0n) is 11.3. The third-order valence-electron chi connectivity index (χ3n) is 2.64. The van der Waals surface area contributed by atoms with Crippen molar-refractivity contribution in [2.24, 2.45) is 0 Å². The van der Waals surface area contributed by atoms with Gasteiger partial charge in [0, 0.05) is 0 Å². The first-order chi connectivity index (χ1) is 9.74. The molecule has 2 aromatic rings. The van der Waals surface area contributed by atoms with Crippen LogP contribution in [0.5, 0.6) is 5.88 Å². The minimum atomic E-state index is 0.409. The van der Waals surface area contributed by atoms with Crippen LogP contribution in [0.15, 0.2) is 36.4 Å². The number of hydrogen-bond donors (Lipinski definition) is 2. The lowest BCUT2D eigenvalue weighted by Crippen LogP contribution is -2.03. The Bertz CT molecular complexity index is 634. The molecule has 0 aliphatic carbocycles. The van der Waals surface area contributed by atoms with Gasteiger partial charge in [-0.3, -0.25) is 0 Å². The number of aromatic nitrogens is 1. The summed E-state index contributed by atoms with van der Waals surface area (Å²) in [6.07, 6.45) is 0.885. The number of nitriles is 1. The lowest BCUT2D eigenvalue weighted by atomic mass is 10.2. The van der Waals surface area contributed by atoms with Crippen LogP contribution in [0.2, 0.25) is 0 Å². The molecule has 102 valence electrons. The lowest BCUT2D eigenvalue weighted by molar-refractivity contribution is 0.307. The predicted octanol–water partition coefficient (Wildman–Crippen LogP) is 3.07. The van der Waals surface area contributed by atoms with Crippen molar-refractivity contribution >= 4 is 17.2 Å². The number of nitrogen functional groups attached to an aromatic ring is 1. The average molecular weight is 268 g/mol. The molecular formula is C15H16N4O. The van der Waals surface area contributed by atoms with E-state index in [-0.39, 0.29) is 0 Å². The molecule has 1 heterocycles. The first-order valence-electron chi connectivity index (χ1n) is 6.40. The largest absolute Gasteiger partial charge is 0.476 e. The number of nitrogens with two attached hydrogens (primary N) is 1. The maximum absolute atomic E-state index is 9.06. The minimum Gasteiger partial charge on any atom is -0.476 e. The molecule has 20 heavy (non-hydrogen) atoms. The van der Waals surface area contributed by atoms with Gasteiger partial charge in [0.25, 0.3) is 0 Å². The van der Waals surface area contributed by atoms with Crippen LogP contribution >= 0.6 is 0 Å². The van der Waals surface area contributed by atoms with Crippen LogP contribution in [-0.2, 0) is 0 Å². The average Bonchev–Trinajstić information content (AvgIpc) is 2.48. The Hall–Kier alpha value is -2.74. The highest BCUT2D eigenvalue weighted by Crippen LogP contribution is 2.24. The van der Waals surface area contributed by atoms with Crippen LogP contribution in [0.25, 0.3) is 0 Å². The summed E-state index contributed by atoms with van der Waals surface area (Å²) in [7, 11) is 0. The highest BCUT2D eigenvalue weighted by molar-refractivity contribution is 5.66. The summed E-state index contributed by atoms with van der Waals surface area (Å²) in [6, 6.07) is 12.9. The maximum atomic E-state index is 9.06. The summed E-state index contributed by atoms with van der Waals surface area (Å²) in [5.74, 6) is 0.999. The van der Waals surface area contributed by atoms with E-state index in [0.29, 0.717) is 35.2 Å². The molecule has 3 N–H and O–H groups in total.